The second kappa shape index (κ2) is 14.8. The maximum absolute atomic E-state index is 13.2. The van der Waals surface area contributed by atoms with Crippen LogP contribution in [0.15, 0.2) is 25.0 Å². The van der Waals surface area contributed by atoms with Crippen LogP contribution in [0.2, 0.25) is 0 Å². The second-order valence-electron chi connectivity index (χ2n) is 8.70. The third-order valence-electron chi connectivity index (χ3n) is 5.56. The number of nitrogens with zero attached hydrogens (tertiary/aromatic N) is 2. The summed E-state index contributed by atoms with van der Waals surface area (Å²) in [6.07, 6.45) is 4.56. The van der Waals surface area contributed by atoms with E-state index in [-0.39, 0.29) is 38.5 Å². The zero-order chi connectivity index (χ0) is 28.9. The van der Waals surface area contributed by atoms with E-state index in [1.165, 1.54) is 25.0 Å². The van der Waals surface area contributed by atoms with E-state index in [0.29, 0.717) is 11.4 Å². The summed E-state index contributed by atoms with van der Waals surface area (Å²) in [5.74, 6) is -5.21. The van der Waals surface area contributed by atoms with Gasteiger partial charge in [-0.3, -0.25) is 24.0 Å². The van der Waals surface area contributed by atoms with Crippen molar-refractivity contribution in [2.75, 3.05) is 0 Å². The van der Waals surface area contributed by atoms with Crippen LogP contribution in [0, 0.1) is 0 Å². The first kappa shape index (κ1) is 30.4. The number of imidazole rings is 2. The minimum absolute atomic E-state index is 0.0594. The standard InChI is InChI=1S/C22H32N10O7/c23-13(1-3-17(24)33)19(35)31-15(5-11-7-26-9-28-11)21(37)30-14(2-4-18(25)34)20(36)32-16(22(38)39)6-12-8-27-10-29-12/h7-10,13-16H,1-6,23H2,(H2,24,33)(H2,25,34)(H,26,28)(H,27,29)(H,30,37)(H,31,35)(H,32,36)(H,38,39). The third kappa shape index (κ3) is 10.6. The van der Waals surface area contributed by atoms with Gasteiger partial charge in [0.05, 0.1) is 18.7 Å². The number of carboxylic acids is 1. The van der Waals surface area contributed by atoms with Gasteiger partial charge in [-0.2, -0.15) is 0 Å². The molecule has 2 heterocycles. The van der Waals surface area contributed by atoms with Crippen molar-refractivity contribution in [1.82, 2.24) is 35.9 Å². The van der Waals surface area contributed by atoms with E-state index in [4.69, 9.17) is 17.2 Å². The average Bonchev–Trinajstić information content (AvgIpc) is 3.58. The summed E-state index contributed by atoms with van der Waals surface area (Å²) < 4.78 is 0. The molecule has 0 saturated carbocycles. The van der Waals surface area contributed by atoms with Crippen molar-refractivity contribution in [1.29, 1.82) is 0 Å². The highest BCUT2D eigenvalue weighted by molar-refractivity contribution is 5.94. The molecule has 0 radical (unpaired) electrons. The van der Waals surface area contributed by atoms with Crippen molar-refractivity contribution in [3.8, 4) is 0 Å². The van der Waals surface area contributed by atoms with Gasteiger partial charge in [0.1, 0.15) is 18.1 Å². The van der Waals surface area contributed by atoms with Crippen molar-refractivity contribution in [3.63, 3.8) is 0 Å². The molecule has 2 aromatic heterocycles. The molecule has 0 bridgehead atoms. The predicted molar refractivity (Wildman–Crippen MR) is 133 cm³/mol. The largest absolute Gasteiger partial charge is 0.480 e. The molecule has 0 aliphatic rings. The highest BCUT2D eigenvalue weighted by Crippen LogP contribution is 2.06. The van der Waals surface area contributed by atoms with Gasteiger partial charge < -0.3 is 48.2 Å². The van der Waals surface area contributed by atoms with Crippen LogP contribution in [0.25, 0.3) is 0 Å². The molecular weight excluding hydrogens is 516 g/mol. The summed E-state index contributed by atoms with van der Waals surface area (Å²) in [7, 11) is 0. The Balaban J connectivity index is 2.18. The average molecular weight is 549 g/mol. The fraction of sp³-hybridized carbons (Fsp3) is 0.455. The van der Waals surface area contributed by atoms with Gasteiger partial charge in [-0.25, -0.2) is 14.8 Å². The zero-order valence-electron chi connectivity index (χ0n) is 20.9. The van der Waals surface area contributed by atoms with E-state index in [2.05, 4.69) is 35.9 Å². The molecule has 17 nitrogen and oxygen atoms in total. The Labute approximate surface area is 222 Å². The fourth-order valence-electron chi connectivity index (χ4n) is 3.45. The molecule has 0 aliphatic carbocycles. The number of rotatable bonds is 17. The molecule has 39 heavy (non-hydrogen) atoms. The lowest BCUT2D eigenvalue weighted by molar-refractivity contribution is -0.142. The molecule has 0 saturated heterocycles. The van der Waals surface area contributed by atoms with Gasteiger partial charge in [0.25, 0.3) is 0 Å². The number of aromatic nitrogens is 4. The van der Waals surface area contributed by atoms with Crippen molar-refractivity contribution >= 4 is 35.5 Å². The fourth-order valence-corrected chi connectivity index (χ4v) is 3.45. The Morgan fingerprint density at radius 3 is 1.69 bits per heavy atom. The molecule has 5 amide bonds. The second-order valence-corrected chi connectivity index (χ2v) is 8.70. The van der Waals surface area contributed by atoms with E-state index in [0.717, 1.165) is 0 Å². The normalized spacial score (nSPS) is 13.9. The Morgan fingerprint density at radius 2 is 1.21 bits per heavy atom. The number of H-pyrrole nitrogens is 2. The molecule has 4 unspecified atom stereocenters. The van der Waals surface area contributed by atoms with Crippen molar-refractivity contribution < 1.29 is 33.9 Å². The Morgan fingerprint density at radius 1 is 0.744 bits per heavy atom. The van der Waals surface area contributed by atoms with Crippen LogP contribution in [0.3, 0.4) is 0 Å². The van der Waals surface area contributed by atoms with Crippen LogP contribution in [-0.2, 0) is 41.6 Å². The van der Waals surface area contributed by atoms with E-state index in [9.17, 15) is 33.9 Å². The lowest BCUT2D eigenvalue weighted by Crippen LogP contribution is -2.58. The number of nitrogens with two attached hydrogens (primary N) is 3. The molecule has 0 aliphatic heterocycles. The Kier molecular flexibility index (Phi) is 11.6. The number of aliphatic carboxylic acids is 1. The van der Waals surface area contributed by atoms with Gasteiger partial charge in [0, 0.05) is 49.5 Å². The molecular formula is C22H32N10O7. The van der Waals surface area contributed by atoms with Gasteiger partial charge in [0.15, 0.2) is 0 Å². The van der Waals surface area contributed by atoms with Crippen molar-refractivity contribution in [2.45, 2.75) is 62.7 Å². The number of aromatic amines is 2. The number of primary amides is 2. The molecule has 17 heteroatoms. The number of carboxylic acid groups (broad SMARTS) is 1. The number of carbonyl (C=O) groups excluding carboxylic acids is 5. The van der Waals surface area contributed by atoms with Crippen LogP contribution < -0.4 is 33.2 Å². The van der Waals surface area contributed by atoms with Crippen LogP contribution in [0.5, 0.6) is 0 Å². The van der Waals surface area contributed by atoms with E-state index in [1.54, 1.807) is 0 Å². The number of hydrogen-bond donors (Lipinski definition) is 9. The monoisotopic (exact) mass is 548 g/mol. The molecule has 0 fully saturated rings. The van der Waals surface area contributed by atoms with Gasteiger partial charge in [-0.15, -0.1) is 0 Å². The summed E-state index contributed by atoms with van der Waals surface area (Å²) in [4.78, 5) is 86.2. The van der Waals surface area contributed by atoms with E-state index >= 15 is 0 Å². The lowest BCUT2D eigenvalue weighted by atomic mass is 10.1. The molecule has 2 rings (SSSR count). The maximum atomic E-state index is 13.2. The number of hydrogen-bond acceptors (Lipinski definition) is 9. The summed E-state index contributed by atoms with van der Waals surface area (Å²) >= 11 is 0. The Hall–Kier alpha value is -4.80. The maximum Gasteiger partial charge on any atom is 0.326 e. The SMILES string of the molecule is NC(=O)CCC(N)C(=O)NC(Cc1cnc[nH]1)C(=O)NC(CCC(N)=O)C(=O)NC(Cc1cnc[nH]1)C(=O)O. The number of carbonyl (C=O) groups is 6. The summed E-state index contributed by atoms with van der Waals surface area (Å²) in [6, 6.07) is -5.17. The first-order chi connectivity index (χ1) is 18.5. The Bertz CT molecular complexity index is 1140. The lowest BCUT2D eigenvalue weighted by Gasteiger charge is -2.25. The van der Waals surface area contributed by atoms with Gasteiger partial charge >= 0.3 is 5.97 Å². The number of nitrogens with one attached hydrogen (secondary N) is 5. The van der Waals surface area contributed by atoms with Gasteiger partial charge in [-0.05, 0) is 12.8 Å². The van der Waals surface area contributed by atoms with E-state index in [1.807, 2.05) is 0 Å². The predicted octanol–water partition coefficient (Wildman–Crippen LogP) is -3.68. The molecule has 12 N–H and O–H groups in total. The minimum atomic E-state index is -1.38. The van der Waals surface area contributed by atoms with Crippen LogP contribution in [0.1, 0.15) is 37.1 Å². The first-order valence-corrected chi connectivity index (χ1v) is 11.9. The van der Waals surface area contributed by atoms with Crippen LogP contribution in [-0.4, -0.2) is 84.7 Å². The van der Waals surface area contributed by atoms with Crippen molar-refractivity contribution in [2.24, 2.45) is 17.2 Å². The molecule has 4 atom stereocenters. The molecule has 0 aromatic carbocycles. The van der Waals surface area contributed by atoms with E-state index < -0.39 is 59.7 Å². The topological polar surface area (TPSA) is 294 Å². The quantitative estimate of drug-likeness (QED) is 0.0932. The van der Waals surface area contributed by atoms with Crippen LogP contribution in [0.4, 0.5) is 0 Å². The summed E-state index contributed by atoms with van der Waals surface area (Å²) in [5, 5.41) is 16.8. The van der Waals surface area contributed by atoms with Crippen LogP contribution >= 0.6 is 0 Å². The highest BCUT2D eigenvalue weighted by atomic mass is 16.4. The smallest absolute Gasteiger partial charge is 0.326 e. The molecule has 212 valence electrons. The third-order valence-corrected chi connectivity index (χ3v) is 5.56. The number of amides is 5. The summed E-state index contributed by atoms with van der Waals surface area (Å²) in [5.41, 5.74) is 17.0. The molecule has 0 spiro atoms. The summed E-state index contributed by atoms with van der Waals surface area (Å²) in [6.45, 7) is 0. The van der Waals surface area contributed by atoms with Gasteiger partial charge in [0.2, 0.25) is 29.5 Å². The molecule has 2 aromatic rings. The highest BCUT2D eigenvalue weighted by Gasteiger charge is 2.31. The zero-order valence-corrected chi connectivity index (χ0v) is 20.9. The minimum Gasteiger partial charge on any atom is -0.480 e. The van der Waals surface area contributed by atoms with Crippen molar-refractivity contribution in [3.05, 3.63) is 36.4 Å². The first-order valence-electron chi connectivity index (χ1n) is 11.9. The van der Waals surface area contributed by atoms with Gasteiger partial charge in [-0.1, -0.05) is 0 Å².